The Balaban J connectivity index is 2.25. The van der Waals surface area contributed by atoms with E-state index in [-0.39, 0.29) is 0 Å². The number of hydrogen-bond acceptors (Lipinski definition) is 3. The minimum Gasteiger partial charge on any atom is -0.315 e. The summed E-state index contributed by atoms with van der Waals surface area (Å²) in [6, 6.07) is 9.40. The average molecular weight is 311 g/mol. The van der Waals surface area contributed by atoms with Gasteiger partial charge in [0.15, 0.2) is 0 Å². The Hall–Kier alpha value is -1.11. The summed E-state index contributed by atoms with van der Waals surface area (Å²) in [5, 5.41) is 3.25. The summed E-state index contributed by atoms with van der Waals surface area (Å²) in [4.78, 5) is 0. The van der Waals surface area contributed by atoms with Gasteiger partial charge in [0.05, 0.1) is 5.69 Å². The van der Waals surface area contributed by atoms with E-state index < -0.39 is 10.2 Å². The Labute approximate surface area is 128 Å². The fourth-order valence-electron chi connectivity index (χ4n) is 2.46. The van der Waals surface area contributed by atoms with E-state index in [9.17, 15) is 8.42 Å². The van der Waals surface area contributed by atoms with E-state index in [0.29, 0.717) is 19.6 Å². The van der Waals surface area contributed by atoms with Crippen LogP contribution in [0.5, 0.6) is 0 Å². The zero-order chi connectivity index (χ0) is 15.1. The molecule has 21 heavy (non-hydrogen) atoms. The third-order valence-electron chi connectivity index (χ3n) is 3.66. The van der Waals surface area contributed by atoms with Gasteiger partial charge in [0, 0.05) is 26.2 Å². The van der Waals surface area contributed by atoms with E-state index in [1.165, 1.54) is 0 Å². The molecule has 118 valence electrons. The summed E-state index contributed by atoms with van der Waals surface area (Å²) in [5.74, 6) is 0. The molecule has 0 aliphatic carbocycles. The third-order valence-corrected chi connectivity index (χ3v) is 5.63. The van der Waals surface area contributed by atoms with Crippen molar-refractivity contribution in [2.24, 2.45) is 0 Å². The fraction of sp³-hybridized carbons (Fsp3) is 0.600. The lowest BCUT2D eigenvalue weighted by molar-refractivity contribution is 0.428. The molecule has 5 nitrogen and oxygen atoms in total. The number of benzene rings is 1. The number of para-hydroxylation sites is 1. The highest BCUT2D eigenvalue weighted by Gasteiger charge is 2.29. The maximum absolute atomic E-state index is 13.0. The van der Waals surface area contributed by atoms with Gasteiger partial charge in [-0.25, -0.2) is 0 Å². The summed E-state index contributed by atoms with van der Waals surface area (Å²) < 4.78 is 29.1. The van der Waals surface area contributed by atoms with Crippen molar-refractivity contribution < 1.29 is 8.42 Å². The lowest BCUT2D eigenvalue weighted by atomic mass is 10.3. The Kier molecular flexibility index (Phi) is 6.02. The van der Waals surface area contributed by atoms with Gasteiger partial charge in [-0.15, -0.1) is 0 Å². The number of unbranched alkanes of at least 4 members (excludes halogenated alkanes) is 1. The van der Waals surface area contributed by atoms with Crippen LogP contribution in [0.2, 0.25) is 0 Å². The van der Waals surface area contributed by atoms with Crippen LogP contribution in [0.3, 0.4) is 0 Å². The first kappa shape index (κ1) is 16.3. The van der Waals surface area contributed by atoms with E-state index >= 15 is 0 Å². The van der Waals surface area contributed by atoms with E-state index in [0.717, 1.165) is 38.0 Å². The first-order valence-corrected chi connectivity index (χ1v) is 9.09. The molecule has 1 N–H and O–H groups in total. The molecule has 1 heterocycles. The van der Waals surface area contributed by atoms with Crippen LogP contribution in [0.15, 0.2) is 30.3 Å². The van der Waals surface area contributed by atoms with Crippen LogP contribution in [-0.2, 0) is 10.2 Å². The summed E-state index contributed by atoms with van der Waals surface area (Å²) in [7, 11) is -3.45. The summed E-state index contributed by atoms with van der Waals surface area (Å²) >= 11 is 0. The van der Waals surface area contributed by atoms with Crippen LogP contribution >= 0.6 is 0 Å². The van der Waals surface area contributed by atoms with Crippen molar-refractivity contribution in [3.8, 4) is 0 Å². The predicted octanol–water partition coefficient (Wildman–Crippen LogP) is 1.83. The second-order valence-electron chi connectivity index (χ2n) is 5.27. The zero-order valence-corrected chi connectivity index (χ0v) is 13.5. The Morgan fingerprint density at radius 1 is 1.19 bits per heavy atom. The van der Waals surface area contributed by atoms with Gasteiger partial charge in [-0.1, -0.05) is 31.5 Å². The molecule has 1 aromatic carbocycles. The third kappa shape index (κ3) is 4.18. The summed E-state index contributed by atoms with van der Waals surface area (Å²) in [6.45, 7) is 5.34. The molecule has 0 amide bonds. The van der Waals surface area contributed by atoms with Crippen molar-refractivity contribution in [2.75, 3.05) is 37.0 Å². The molecule has 1 aliphatic rings. The first-order chi connectivity index (χ1) is 10.2. The van der Waals surface area contributed by atoms with Gasteiger partial charge < -0.3 is 5.32 Å². The molecule has 1 saturated heterocycles. The van der Waals surface area contributed by atoms with Crippen molar-refractivity contribution in [1.82, 2.24) is 9.62 Å². The van der Waals surface area contributed by atoms with Crippen LogP contribution in [0.25, 0.3) is 0 Å². The van der Waals surface area contributed by atoms with Gasteiger partial charge in [-0.3, -0.25) is 4.31 Å². The highest BCUT2D eigenvalue weighted by atomic mass is 32.2. The average Bonchev–Trinajstić information content (AvgIpc) is 2.78. The van der Waals surface area contributed by atoms with Crippen LogP contribution in [0.4, 0.5) is 5.69 Å². The second kappa shape index (κ2) is 7.77. The molecule has 1 aromatic rings. The Morgan fingerprint density at radius 3 is 2.67 bits per heavy atom. The minimum absolute atomic E-state index is 0.534. The van der Waals surface area contributed by atoms with Crippen molar-refractivity contribution in [3.63, 3.8) is 0 Å². The Bertz CT molecular complexity index is 511. The molecule has 0 unspecified atom stereocenters. The number of nitrogens with zero attached hydrogens (tertiary/aromatic N) is 2. The molecule has 0 bridgehead atoms. The monoisotopic (exact) mass is 311 g/mol. The standard InChI is InChI=1S/C15H25N3O2S/c1-2-3-13-18(15-8-5-4-6-9-15)21(19,20)17-12-7-10-16-11-14-17/h4-6,8-9,16H,2-3,7,10-14H2,1H3. The molecular formula is C15H25N3O2S. The van der Waals surface area contributed by atoms with Crippen molar-refractivity contribution >= 4 is 15.9 Å². The smallest absolute Gasteiger partial charge is 0.304 e. The summed E-state index contributed by atoms with van der Waals surface area (Å²) in [6.07, 6.45) is 2.69. The molecule has 0 spiro atoms. The molecule has 2 rings (SSSR count). The van der Waals surface area contributed by atoms with Gasteiger partial charge in [0.2, 0.25) is 0 Å². The predicted molar refractivity (Wildman–Crippen MR) is 86.7 cm³/mol. The van der Waals surface area contributed by atoms with Crippen molar-refractivity contribution in [3.05, 3.63) is 30.3 Å². The number of hydrogen-bond donors (Lipinski definition) is 1. The number of rotatable bonds is 6. The van der Waals surface area contributed by atoms with Gasteiger partial charge in [-0.05, 0) is 31.5 Å². The van der Waals surface area contributed by atoms with Crippen LogP contribution in [0.1, 0.15) is 26.2 Å². The normalized spacial score (nSPS) is 17.4. The highest BCUT2D eigenvalue weighted by Crippen LogP contribution is 2.21. The van der Waals surface area contributed by atoms with Gasteiger partial charge in [0.25, 0.3) is 0 Å². The number of anilines is 1. The lowest BCUT2D eigenvalue weighted by Gasteiger charge is -2.30. The largest absolute Gasteiger partial charge is 0.315 e. The molecule has 1 fully saturated rings. The van der Waals surface area contributed by atoms with Gasteiger partial charge in [-0.2, -0.15) is 12.7 Å². The molecule has 1 aliphatic heterocycles. The fourth-order valence-corrected chi connectivity index (χ4v) is 4.17. The SMILES string of the molecule is CCCCN(c1ccccc1)S(=O)(=O)N1CCCNCC1. The highest BCUT2D eigenvalue weighted by molar-refractivity contribution is 7.90. The molecule has 0 saturated carbocycles. The second-order valence-corrected chi connectivity index (χ2v) is 7.12. The van der Waals surface area contributed by atoms with Gasteiger partial charge in [0.1, 0.15) is 0 Å². The van der Waals surface area contributed by atoms with E-state index in [2.05, 4.69) is 12.2 Å². The lowest BCUT2D eigenvalue weighted by Crippen LogP contribution is -2.45. The van der Waals surface area contributed by atoms with Crippen molar-refractivity contribution in [1.29, 1.82) is 0 Å². The van der Waals surface area contributed by atoms with E-state index in [1.54, 1.807) is 8.61 Å². The van der Waals surface area contributed by atoms with Gasteiger partial charge >= 0.3 is 10.2 Å². The maximum Gasteiger partial charge on any atom is 0.304 e. The maximum atomic E-state index is 13.0. The molecule has 6 heteroatoms. The zero-order valence-electron chi connectivity index (χ0n) is 12.7. The molecule has 0 atom stereocenters. The van der Waals surface area contributed by atoms with Crippen LogP contribution in [0, 0.1) is 0 Å². The Morgan fingerprint density at radius 2 is 1.95 bits per heavy atom. The van der Waals surface area contributed by atoms with E-state index in [1.807, 2.05) is 30.3 Å². The molecular weight excluding hydrogens is 286 g/mol. The van der Waals surface area contributed by atoms with Crippen LogP contribution < -0.4 is 9.62 Å². The van der Waals surface area contributed by atoms with E-state index in [4.69, 9.17) is 0 Å². The molecule has 0 aromatic heterocycles. The molecule has 0 radical (unpaired) electrons. The number of nitrogens with one attached hydrogen (secondary N) is 1. The topological polar surface area (TPSA) is 52.7 Å². The van der Waals surface area contributed by atoms with Crippen LogP contribution in [-0.4, -0.2) is 45.4 Å². The van der Waals surface area contributed by atoms with Crippen molar-refractivity contribution in [2.45, 2.75) is 26.2 Å². The summed E-state index contributed by atoms with van der Waals surface area (Å²) in [5.41, 5.74) is 0.753. The first-order valence-electron chi connectivity index (χ1n) is 7.70. The minimum atomic E-state index is -3.45. The quantitative estimate of drug-likeness (QED) is 0.872.